The predicted molar refractivity (Wildman–Crippen MR) is 124 cm³/mol. The van der Waals surface area contributed by atoms with Gasteiger partial charge >= 0.3 is 0 Å². The van der Waals surface area contributed by atoms with Crippen LogP contribution >= 0.6 is 0 Å². The van der Waals surface area contributed by atoms with E-state index in [0.717, 1.165) is 50.6 Å². The predicted octanol–water partition coefficient (Wildman–Crippen LogP) is 4.23. The summed E-state index contributed by atoms with van der Waals surface area (Å²) >= 11 is 0. The van der Waals surface area contributed by atoms with Crippen LogP contribution in [0.15, 0.2) is 23.1 Å². The molecule has 1 atom stereocenters. The van der Waals surface area contributed by atoms with Crippen LogP contribution in [0.4, 0.5) is 4.39 Å². The summed E-state index contributed by atoms with van der Waals surface area (Å²) in [6.07, 6.45) is 4.86. The lowest BCUT2D eigenvalue weighted by Gasteiger charge is -2.35. The Bertz CT molecular complexity index is 1130. The molecule has 1 unspecified atom stereocenters. The maximum Gasteiger partial charge on any atom is 0.240 e. The Morgan fingerprint density at radius 1 is 1.19 bits per heavy atom. The van der Waals surface area contributed by atoms with E-state index in [0.29, 0.717) is 30.1 Å². The molecule has 0 spiro atoms. The first-order valence-electron chi connectivity index (χ1n) is 11.5. The van der Waals surface area contributed by atoms with Crippen molar-refractivity contribution in [3.8, 4) is 5.75 Å². The Hall–Kier alpha value is -1.96. The Morgan fingerprint density at radius 2 is 1.97 bits per heavy atom. The fraction of sp³-hybridized carbons (Fsp3) is 0.520. The average molecular weight is 461 g/mol. The lowest BCUT2D eigenvalue weighted by Crippen LogP contribution is -2.36. The molecule has 0 saturated carbocycles. The van der Waals surface area contributed by atoms with Crippen molar-refractivity contribution in [2.24, 2.45) is 0 Å². The van der Waals surface area contributed by atoms with Gasteiger partial charge in [0, 0.05) is 25.7 Å². The molecule has 7 heteroatoms. The van der Waals surface area contributed by atoms with Crippen LogP contribution in [-0.4, -0.2) is 40.1 Å². The maximum atomic E-state index is 13.9. The lowest BCUT2D eigenvalue weighted by molar-refractivity contribution is 0.184. The van der Waals surface area contributed by atoms with Gasteiger partial charge in [-0.05, 0) is 91.5 Å². The zero-order valence-electron chi connectivity index (χ0n) is 19.4. The summed E-state index contributed by atoms with van der Waals surface area (Å²) < 4.78 is 47.6. The Kier molecular flexibility index (Phi) is 6.61. The van der Waals surface area contributed by atoms with Crippen LogP contribution in [0.3, 0.4) is 0 Å². The number of rotatable bonds is 8. The van der Waals surface area contributed by atoms with Gasteiger partial charge in [-0.25, -0.2) is 17.5 Å². The van der Waals surface area contributed by atoms with Gasteiger partial charge in [-0.3, -0.25) is 4.90 Å². The molecule has 0 fully saturated rings. The Morgan fingerprint density at radius 3 is 2.69 bits per heavy atom. The number of hydrogen-bond donors (Lipinski definition) is 1. The van der Waals surface area contributed by atoms with Gasteiger partial charge in [0.1, 0.15) is 11.6 Å². The summed E-state index contributed by atoms with van der Waals surface area (Å²) in [4.78, 5) is 2.52. The largest absolute Gasteiger partial charge is 0.496 e. The summed E-state index contributed by atoms with van der Waals surface area (Å²) in [5.74, 6) is 0.524. The molecule has 0 aromatic heterocycles. The SMILES string of the molecule is CCc1c(OC)cc2c3c1CCC3N(CCCNS(=O)(=O)c1cc(F)c(C)cc1C)CC2. The van der Waals surface area contributed by atoms with Gasteiger partial charge in [0.15, 0.2) is 0 Å². The highest BCUT2D eigenvalue weighted by Crippen LogP contribution is 2.45. The second kappa shape index (κ2) is 9.12. The number of ether oxygens (including phenoxy) is 1. The molecular weight excluding hydrogens is 427 g/mol. The highest BCUT2D eigenvalue weighted by atomic mass is 32.2. The molecule has 174 valence electrons. The molecule has 1 aliphatic heterocycles. The van der Waals surface area contributed by atoms with E-state index in [4.69, 9.17) is 4.74 Å². The van der Waals surface area contributed by atoms with E-state index >= 15 is 0 Å². The van der Waals surface area contributed by atoms with Crippen LogP contribution in [0, 0.1) is 19.7 Å². The van der Waals surface area contributed by atoms with Crippen LogP contribution < -0.4 is 9.46 Å². The van der Waals surface area contributed by atoms with Crippen molar-refractivity contribution in [2.75, 3.05) is 26.7 Å². The molecule has 1 N–H and O–H groups in total. The maximum absolute atomic E-state index is 13.9. The Balaban J connectivity index is 1.41. The quantitative estimate of drug-likeness (QED) is 0.599. The van der Waals surface area contributed by atoms with Crippen molar-refractivity contribution in [3.05, 3.63) is 57.4 Å². The molecule has 32 heavy (non-hydrogen) atoms. The van der Waals surface area contributed by atoms with Crippen LogP contribution in [-0.2, 0) is 29.3 Å². The first kappa shape index (κ1) is 23.2. The molecule has 5 nitrogen and oxygen atoms in total. The van der Waals surface area contributed by atoms with E-state index < -0.39 is 15.8 Å². The molecule has 0 radical (unpaired) electrons. The second-order valence-corrected chi connectivity index (χ2v) is 10.7. The number of methoxy groups -OCH3 is 1. The molecule has 0 amide bonds. The second-order valence-electron chi connectivity index (χ2n) is 8.92. The summed E-state index contributed by atoms with van der Waals surface area (Å²) in [6.45, 7) is 7.66. The molecule has 4 rings (SSSR count). The standard InChI is InChI=1S/C25H33FN2O3S/c1-5-19-20-7-8-22-25(20)18(14-23(19)31-4)9-12-28(22)11-6-10-27-32(29,30)24-15-21(26)16(2)13-17(24)3/h13-15,22,27H,5-12H2,1-4H3. The van der Waals surface area contributed by atoms with Crippen molar-refractivity contribution in [1.29, 1.82) is 0 Å². The van der Waals surface area contributed by atoms with Crippen LogP contribution in [0.2, 0.25) is 0 Å². The minimum absolute atomic E-state index is 0.0222. The molecule has 1 aliphatic carbocycles. The van der Waals surface area contributed by atoms with E-state index in [1.165, 1.54) is 22.3 Å². The van der Waals surface area contributed by atoms with Crippen molar-refractivity contribution in [1.82, 2.24) is 9.62 Å². The van der Waals surface area contributed by atoms with Crippen LogP contribution in [0.1, 0.15) is 59.2 Å². The van der Waals surface area contributed by atoms with Crippen LogP contribution in [0.5, 0.6) is 5.75 Å². The lowest BCUT2D eigenvalue weighted by atomic mass is 9.89. The highest BCUT2D eigenvalue weighted by Gasteiger charge is 2.35. The van der Waals surface area contributed by atoms with Crippen molar-refractivity contribution in [2.45, 2.75) is 63.8 Å². The molecular formula is C25H33FN2O3S. The molecule has 2 aromatic carbocycles. The molecule has 0 saturated heterocycles. The summed E-state index contributed by atoms with van der Waals surface area (Å²) in [5, 5.41) is 0. The number of nitrogens with one attached hydrogen (secondary N) is 1. The first-order valence-corrected chi connectivity index (χ1v) is 13.0. The van der Waals surface area contributed by atoms with E-state index in [9.17, 15) is 12.8 Å². The number of benzene rings is 2. The number of aryl methyl sites for hydroxylation is 2. The molecule has 2 aliphatic rings. The van der Waals surface area contributed by atoms with E-state index in [1.54, 1.807) is 27.0 Å². The highest BCUT2D eigenvalue weighted by molar-refractivity contribution is 7.89. The van der Waals surface area contributed by atoms with Gasteiger partial charge in [-0.2, -0.15) is 0 Å². The minimum atomic E-state index is -3.73. The molecule has 1 heterocycles. The van der Waals surface area contributed by atoms with Crippen molar-refractivity contribution in [3.63, 3.8) is 0 Å². The van der Waals surface area contributed by atoms with Gasteiger partial charge < -0.3 is 4.74 Å². The number of hydrogen-bond acceptors (Lipinski definition) is 4. The Labute approximate surface area is 191 Å². The topological polar surface area (TPSA) is 58.6 Å². The number of nitrogens with zero attached hydrogens (tertiary/aromatic N) is 1. The zero-order chi connectivity index (χ0) is 23.0. The normalized spacial score (nSPS) is 18.1. The molecule has 2 aromatic rings. The first-order chi connectivity index (χ1) is 15.3. The number of halogens is 1. The smallest absolute Gasteiger partial charge is 0.240 e. The monoisotopic (exact) mass is 460 g/mol. The minimum Gasteiger partial charge on any atom is -0.496 e. The van der Waals surface area contributed by atoms with Gasteiger partial charge in [-0.15, -0.1) is 0 Å². The zero-order valence-corrected chi connectivity index (χ0v) is 20.2. The number of sulfonamides is 1. The van der Waals surface area contributed by atoms with Crippen molar-refractivity contribution >= 4 is 10.0 Å². The third kappa shape index (κ3) is 4.18. The summed E-state index contributed by atoms with van der Waals surface area (Å²) in [6, 6.07) is 5.33. The van der Waals surface area contributed by atoms with E-state index in [2.05, 4.69) is 22.6 Å². The third-order valence-corrected chi connectivity index (χ3v) is 8.58. The van der Waals surface area contributed by atoms with Crippen molar-refractivity contribution < 1.29 is 17.5 Å². The summed E-state index contributed by atoms with van der Waals surface area (Å²) in [7, 11) is -1.98. The van der Waals surface area contributed by atoms with Gasteiger partial charge in [0.25, 0.3) is 0 Å². The van der Waals surface area contributed by atoms with Crippen LogP contribution in [0.25, 0.3) is 0 Å². The summed E-state index contributed by atoms with van der Waals surface area (Å²) in [5.41, 5.74) is 6.71. The van der Waals surface area contributed by atoms with Gasteiger partial charge in [-0.1, -0.05) is 13.0 Å². The van der Waals surface area contributed by atoms with E-state index in [-0.39, 0.29) is 4.90 Å². The van der Waals surface area contributed by atoms with Gasteiger partial charge in [0.2, 0.25) is 10.0 Å². The third-order valence-electron chi connectivity index (χ3n) is 6.98. The molecule has 0 bridgehead atoms. The van der Waals surface area contributed by atoms with Gasteiger partial charge in [0.05, 0.1) is 12.0 Å². The fourth-order valence-electron chi connectivity index (χ4n) is 5.45. The van der Waals surface area contributed by atoms with E-state index in [1.807, 2.05) is 0 Å². The fourth-order valence-corrected chi connectivity index (χ4v) is 6.76. The average Bonchev–Trinajstić information content (AvgIpc) is 3.21.